The molecular formula is C20H30O4. The third-order valence-electron chi connectivity index (χ3n) is 8.45. The second-order valence-corrected chi connectivity index (χ2v) is 9.28. The van der Waals surface area contributed by atoms with Crippen LogP contribution in [0.4, 0.5) is 0 Å². The highest BCUT2D eigenvalue weighted by Crippen LogP contribution is 2.66. The second-order valence-electron chi connectivity index (χ2n) is 9.28. The van der Waals surface area contributed by atoms with Crippen LogP contribution in [0.2, 0.25) is 0 Å². The fourth-order valence-electron chi connectivity index (χ4n) is 7.15. The minimum absolute atomic E-state index is 0.0942. The van der Waals surface area contributed by atoms with Crippen molar-refractivity contribution < 1.29 is 20.1 Å². The van der Waals surface area contributed by atoms with E-state index >= 15 is 0 Å². The Labute approximate surface area is 144 Å². The van der Waals surface area contributed by atoms with Gasteiger partial charge in [-0.05, 0) is 67.3 Å². The lowest BCUT2D eigenvalue weighted by atomic mass is 9.44. The van der Waals surface area contributed by atoms with Crippen molar-refractivity contribution in [1.29, 1.82) is 0 Å². The van der Waals surface area contributed by atoms with E-state index in [2.05, 4.69) is 13.8 Å². The van der Waals surface area contributed by atoms with E-state index in [-0.39, 0.29) is 16.7 Å². The minimum Gasteiger partial charge on any atom is -0.516 e. The largest absolute Gasteiger partial charge is 0.516 e. The number of carbonyl (C=O) groups excluding carboxylic acids is 1. The number of carbonyl (C=O) groups is 1. The number of aliphatic hydroxyl groups excluding tert-OH is 3. The Morgan fingerprint density at radius 2 is 1.83 bits per heavy atom. The number of ketones is 1. The highest BCUT2D eigenvalue weighted by Gasteiger charge is 2.62. The first-order valence-electron chi connectivity index (χ1n) is 9.55. The van der Waals surface area contributed by atoms with E-state index in [1.807, 2.05) is 0 Å². The highest BCUT2D eigenvalue weighted by molar-refractivity contribution is 5.87. The Balaban J connectivity index is 1.74. The number of aliphatic hydroxyl groups is 3. The zero-order valence-corrected chi connectivity index (χ0v) is 14.7. The topological polar surface area (TPSA) is 77.8 Å². The van der Waals surface area contributed by atoms with Gasteiger partial charge in [-0.1, -0.05) is 13.8 Å². The number of Topliss-reactive ketones (excluding diaryl/α,β-unsaturated/α-hetero) is 1. The van der Waals surface area contributed by atoms with Crippen molar-refractivity contribution in [3.05, 3.63) is 11.8 Å². The molecule has 3 N–H and O–H groups in total. The van der Waals surface area contributed by atoms with Gasteiger partial charge >= 0.3 is 0 Å². The molecule has 0 bridgehead atoms. The monoisotopic (exact) mass is 334 g/mol. The minimum atomic E-state index is -0.790. The molecular weight excluding hydrogens is 304 g/mol. The third kappa shape index (κ3) is 1.96. The molecule has 1 unspecified atom stereocenters. The Morgan fingerprint density at radius 1 is 1.08 bits per heavy atom. The molecule has 0 radical (unpaired) electrons. The SMILES string of the molecule is C[C@]12CC[C@H](O)C(O)[C@@H]1C(=CO)C[C@@H]1[C@@H]2CC[C@]2(C)C(=O)CC[C@@H]12. The van der Waals surface area contributed by atoms with Crippen LogP contribution in [0.1, 0.15) is 58.8 Å². The molecule has 4 nitrogen and oxygen atoms in total. The molecule has 4 fully saturated rings. The second kappa shape index (κ2) is 5.31. The molecule has 4 aliphatic carbocycles. The summed E-state index contributed by atoms with van der Waals surface area (Å²) in [4.78, 5) is 12.5. The average Bonchev–Trinajstić information content (AvgIpc) is 2.86. The molecule has 0 amide bonds. The van der Waals surface area contributed by atoms with E-state index in [1.165, 1.54) is 6.26 Å². The summed E-state index contributed by atoms with van der Waals surface area (Å²) in [6, 6.07) is 0. The molecule has 0 aromatic rings. The van der Waals surface area contributed by atoms with E-state index in [0.717, 1.165) is 37.7 Å². The predicted molar refractivity (Wildman–Crippen MR) is 90.2 cm³/mol. The van der Waals surface area contributed by atoms with E-state index in [4.69, 9.17) is 0 Å². The molecule has 0 aromatic carbocycles. The molecule has 0 saturated heterocycles. The van der Waals surface area contributed by atoms with Crippen LogP contribution in [0.5, 0.6) is 0 Å². The summed E-state index contributed by atoms with van der Waals surface area (Å²) in [5.74, 6) is 1.55. The van der Waals surface area contributed by atoms with Gasteiger partial charge in [0.1, 0.15) is 5.78 Å². The van der Waals surface area contributed by atoms with Crippen LogP contribution < -0.4 is 0 Å². The molecule has 0 spiro atoms. The van der Waals surface area contributed by atoms with Gasteiger partial charge in [0.2, 0.25) is 0 Å². The molecule has 0 aliphatic heterocycles. The van der Waals surface area contributed by atoms with Crippen molar-refractivity contribution in [2.24, 2.45) is 34.5 Å². The standard InChI is InChI=1S/C20H30O4/c1-19-7-5-14-12(13(19)3-4-16(19)23)9-11(10-21)17-18(24)15(22)6-8-20(14,17)2/h10,12-15,17-18,21-22,24H,3-9H2,1-2H3/t12-,13-,14-,15-,17-,18?,19-,20+/m0/s1. The maximum absolute atomic E-state index is 12.5. The fraction of sp³-hybridized carbons (Fsp3) is 0.850. The molecule has 8 atom stereocenters. The van der Waals surface area contributed by atoms with Crippen molar-refractivity contribution in [1.82, 2.24) is 0 Å². The van der Waals surface area contributed by atoms with E-state index in [0.29, 0.717) is 36.4 Å². The molecule has 0 heterocycles. The highest BCUT2D eigenvalue weighted by atomic mass is 16.3. The summed E-state index contributed by atoms with van der Waals surface area (Å²) >= 11 is 0. The molecule has 4 saturated carbocycles. The van der Waals surface area contributed by atoms with E-state index in [1.54, 1.807) is 0 Å². The summed E-state index contributed by atoms with van der Waals surface area (Å²) in [6.07, 6.45) is 5.61. The van der Waals surface area contributed by atoms with Crippen molar-refractivity contribution in [2.75, 3.05) is 0 Å². The zero-order chi connectivity index (χ0) is 17.3. The fourth-order valence-corrected chi connectivity index (χ4v) is 7.15. The van der Waals surface area contributed by atoms with Gasteiger partial charge in [-0.2, -0.15) is 0 Å². The van der Waals surface area contributed by atoms with Gasteiger partial charge < -0.3 is 15.3 Å². The Hall–Kier alpha value is -0.870. The Morgan fingerprint density at radius 3 is 2.54 bits per heavy atom. The maximum atomic E-state index is 12.5. The van der Waals surface area contributed by atoms with Crippen LogP contribution in [0.3, 0.4) is 0 Å². The van der Waals surface area contributed by atoms with Gasteiger partial charge in [0.25, 0.3) is 0 Å². The molecule has 4 heteroatoms. The van der Waals surface area contributed by atoms with Crippen molar-refractivity contribution in [3.8, 4) is 0 Å². The molecule has 134 valence electrons. The first kappa shape index (κ1) is 16.6. The van der Waals surface area contributed by atoms with Gasteiger partial charge in [0, 0.05) is 17.8 Å². The van der Waals surface area contributed by atoms with Gasteiger partial charge in [-0.3, -0.25) is 4.79 Å². The van der Waals surface area contributed by atoms with Gasteiger partial charge in [0.05, 0.1) is 18.5 Å². The first-order chi connectivity index (χ1) is 11.3. The summed E-state index contributed by atoms with van der Waals surface area (Å²) in [7, 11) is 0. The first-order valence-corrected chi connectivity index (χ1v) is 9.55. The Kier molecular flexibility index (Phi) is 3.67. The zero-order valence-electron chi connectivity index (χ0n) is 14.7. The van der Waals surface area contributed by atoms with E-state index in [9.17, 15) is 20.1 Å². The predicted octanol–water partition coefficient (Wildman–Crippen LogP) is 2.98. The van der Waals surface area contributed by atoms with Crippen LogP contribution in [-0.2, 0) is 4.79 Å². The van der Waals surface area contributed by atoms with Crippen molar-refractivity contribution in [2.45, 2.75) is 71.0 Å². The lowest BCUT2D eigenvalue weighted by molar-refractivity contribution is -0.156. The van der Waals surface area contributed by atoms with Crippen LogP contribution in [0, 0.1) is 34.5 Å². The van der Waals surface area contributed by atoms with Crippen LogP contribution in [0.15, 0.2) is 11.8 Å². The van der Waals surface area contributed by atoms with Crippen LogP contribution >= 0.6 is 0 Å². The van der Waals surface area contributed by atoms with Crippen molar-refractivity contribution >= 4 is 5.78 Å². The molecule has 24 heavy (non-hydrogen) atoms. The lowest BCUT2D eigenvalue weighted by Crippen LogP contribution is -2.59. The summed E-state index contributed by atoms with van der Waals surface area (Å²) in [5, 5.41) is 30.7. The van der Waals surface area contributed by atoms with E-state index < -0.39 is 12.2 Å². The average molecular weight is 334 g/mol. The normalized spacial score (nSPS) is 55.8. The van der Waals surface area contributed by atoms with Crippen LogP contribution in [-0.4, -0.2) is 33.3 Å². The summed E-state index contributed by atoms with van der Waals surface area (Å²) in [6.45, 7) is 4.39. The summed E-state index contributed by atoms with van der Waals surface area (Å²) in [5.41, 5.74) is 0.606. The number of hydrogen-bond acceptors (Lipinski definition) is 4. The smallest absolute Gasteiger partial charge is 0.139 e. The quantitative estimate of drug-likeness (QED) is 0.595. The van der Waals surface area contributed by atoms with Crippen molar-refractivity contribution in [3.63, 3.8) is 0 Å². The van der Waals surface area contributed by atoms with Crippen LogP contribution in [0.25, 0.3) is 0 Å². The summed E-state index contributed by atoms with van der Waals surface area (Å²) < 4.78 is 0. The Bertz CT molecular complexity index is 584. The van der Waals surface area contributed by atoms with Gasteiger partial charge in [0.15, 0.2) is 0 Å². The maximum Gasteiger partial charge on any atom is 0.139 e. The van der Waals surface area contributed by atoms with Gasteiger partial charge in [-0.25, -0.2) is 0 Å². The van der Waals surface area contributed by atoms with Gasteiger partial charge in [-0.15, -0.1) is 0 Å². The molecule has 4 rings (SSSR count). The third-order valence-corrected chi connectivity index (χ3v) is 8.45. The molecule has 0 aromatic heterocycles. The number of rotatable bonds is 0. The number of fused-ring (bicyclic) bond motifs is 5. The number of hydrogen-bond donors (Lipinski definition) is 3. The lowest BCUT2D eigenvalue weighted by Gasteiger charge is -2.61. The molecule has 4 aliphatic rings.